The van der Waals surface area contributed by atoms with E-state index in [9.17, 15) is 4.79 Å². The van der Waals surface area contributed by atoms with Crippen LogP contribution in [0.1, 0.15) is 41.9 Å². The number of aryl methyl sites for hydroxylation is 2. The minimum absolute atomic E-state index is 0.256. The highest BCUT2D eigenvalue weighted by Gasteiger charge is 2.08. The summed E-state index contributed by atoms with van der Waals surface area (Å²) in [6.45, 7) is 4.11. The van der Waals surface area contributed by atoms with Gasteiger partial charge in [0.2, 0.25) is 0 Å². The van der Waals surface area contributed by atoms with Crippen LogP contribution in [0.4, 0.5) is 11.5 Å². The SMILES string of the molecule is CCCc1ccc(Nc2cc(C(=O)O)cc(CC)n2)cc1. The van der Waals surface area contributed by atoms with E-state index < -0.39 is 5.97 Å². The third-order valence-corrected chi connectivity index (χ3v) is 3.25. The Hall–Kier alpha value is -2.36. The fourth-order valence-electron chi connectivity index (χ4n) is 2.15. The number of nitrogens with zero attached hydrogens (tertiary/aromatic N) is 1. The summed E-state index contributed by atoms with van der Waals surface area (Å²) < 4.78 is 0. The van der Waals surface area contributed by atoms with Crippen molar-refractivity contribution in [3.63, 3.8) is 0 Å². The first kappa shape index (κ1) is 15.0. The molecule has 0 amide bonds. The minimum atomic E-state index is -0.937. The summed E-state index contributed by atoms with van der Waals surface area (Å²) in [6, 6.07) is 11.3. The lowest BCUT2D eigenvalue weighted by Crippen LogP contribution is -2.03. The number of pyridine rings is 1. The van der Waals surface area contributed by atoms with E-state index in [1.807, 2.05) is 19.1 Å². The molecule has 1 heterocycles. The van der Waals surface area contributed by atoms with Crippen molar-refractivity contribution in [2.45, 2.75) is 33.1 Å². The number of carboxylic acids is 1. The Morgan fingerprint density at radius 3 is 2.48 bits per heavy atom. The molecule has 0 radical (unpaired) electrons. The smallest absolute Gasteiger partial charge is 0.335 e. The maximum Gasteiger partial charge on any atom is 0.335 e. The predicted octanol–water partition coefficient (Wildman–Crippen LogP) is 4.04. The Labute approximate surface area is 124 Å². The maximum absolute atomic E-state index is 11.1. The molecule has 0 saturated heterocycles. The molecule has 2 N–H and O–H groups in total. The number of hydrogen-bond acceptors (Lipinski definition) is 3. The summed E-state index contributed by atoms with van der Waals surface area (Å²) in [6.07, 6.45) is 2.88. The zero-order valence-electron chi connectivity index (χ0n) is 12.4. The van der Waals surface area contributed by atoms with E-state index in [-0.39, 0.29) is 5.56 Å². The van der Waals surface area contributed by atoms with Gasteiger partial charge in [-0.15, -0.1) is 0 Å². The van der Waals surface area contributed by atoms with E-state index in [2.05, 4.69) is 29.4 Å². The molecule has 2 rings (SSSR count). The van der Waals surface area contributed by atoms with Crippen molar-refractivity contribution in [3.8, 4) is 0 Å². The number of aromatic carboxylic acids is 1. The van der Waals surface area contributed by atoms with Gasteiger partial charge in [-0.25, -0.2) is 9.78 Å². The molecular weight excluding hydrogens is 264 g/mol. The van der Waals surface area contributed by atoms with Crippen LogP contribution in [0.25, 0.3) is 0 Å². The van der Waals surface area contributed by atoms with Gasteiger partial charge in [0.15, 0.2) is 0 Å². The van der Waals surface area contributed by atoms with Crippen LogP contribution in [-0.4, -0.2) is 16.1 Å². The summed E-state index contributed by atoms with van der Waals surface area (Å²) in [5, 5.41) is 12.3. The van der Waals surface area contributed by atoms with Crippen LogP contribution in [0.5, 0.6) is 0 Å². The van der Waals surface area contributed by atoms with E-state index >= 15 is 0 Å². The van der Waals surface area contributed by atoms with Gasteiger partial charge in [-0.05, 0) is 42.7 Å². The van der Waals surface area contributed by atoms with Gasteiger partial charge in [0, 0.05) is 11.4 Å². The summed E-state index contributed by atoms with van der Waals surface area (Å²) in [5.41, 5.74) is 3.23. The van der Waals surface area contributed by atoms with E-state index in [1.54, 1.807) is 12.1 Å². The van der Waals surface area contributed by atoms with Crippen molar-refractivity contribution >= 4 is 17.5 Å². The molecule has 0 aliphatic heterocycles. The molecule has 0 bridgehead atoms. The van der Waals surface area contributed by atoms with Gasteiger partial charge in [-0.2, -0.15) is 0 Å². The Bertz CT molecular complexity index is 621. The van der Waals surface area contributed by atoms with Gasteiger partial charge >= 0.3 is 5.97 Å². The van der Waals surface area contributed by atoms with Crippen molar-refractivity contribution in [2.75, 3.05) is 5.32 Å². The lowest BCUT2D eigenvalue weighted by molar-refractivity contribution is 0.0696. The van der Waals surface area contributed by atoms with Crippen molar-refractivity contribution < 1.29 is 9.90 Å². The highest BCUT2D eigenvalue weighted by molar-refractivity contribution is 5.88. The number of nitrogens with one attached hydrogen (secondary N) is 1. The highest BCUT2D eigenvalue weighted by atomic mass is 16.4. The summed E-state index contributed by atoms with van der Waals surface area (Å²) in [4.78, 5) is 15.5. The molecular formula is C17H20N2O2. The summed E-state index contributed by atoms with van der Waals surface area (Å²) in [7, 11) is 0. The minimum Gasteiger partial charge on any atom is -0.478 e. The number of aromatic nitrogens is 1. The molecule has 4 nitrogen and oxygen atoms in total. The molecule has 1 aromatic heterocycles. The number of anilines is 2. The van der Waals surface area contributed by atoms with Crippen LogP contribution in [0.3, 0.4) is 0 Å². The molecule has 0 aliphatic rings. The third kappa shape index (κ3) is 4.05. The maximum atomic E-state index is 11.1. The first-order valence-electron chi connectivity index (χ1n) is 7.22. The normalized spacial score (nSPS) is 10.4. The van der Waals surface area contributed by atoms with Gasteiger partial charge in [-0.3, -0.25) is 0 Å². The molecule has 110 valence electrons. The molecule has 0 unspecified atom stereocenters. The Morgan fingerprint density at radius 2 is 1.90 bits per heavy atom. The van der Waals surface area contributed by atoms with Crippen LogP contribution in [0, 0.1) is 0 Å². The van der Waals surface area contributed by atoms with Crippen LogP contribution < -0.4 is 5.32 Å². The first-order chi connectivity index (χ1) is 10.1. The standard InChI is InChI=1S/C17H20N2O2/c1-3-5-12-6-8-15(9-7-12)19-16-11-13(17(20)21)10-14(4-2)18-16/h6-11H,3-5H2,1-2H3,(H,18,19)(H,20,21). The van der Waals surface area contributed by atoms with E-state index in [4.69, 9.17) is 5.11 Å². The van der Waals surface area contributed by atoms with Crippen molar-refractivity contribution in [1.82, 2.24) is 4.98 Å². The lowest BCUT2D eigenvalue weighted by Gasteiger charge is -2.09. The quantitative estimate of drug-likeness (QED) is 0.840. The molecule has 0 saturated carbocycles. The van der Waals surface area contributed by atoms with E-state index in [1.165, 1.54) is 5.56 Å². The molecule has 0 aliphatic carbocycles. The monoisotopic (exact) mass is 284 g/mol. The summed E-state index contributed by atoms with van der Waals surface area (Å²) >= 11 is 0. The fourth-order valence-corrected chi connectivity index (χ4v) is 2.15. The molecule has 21 heavy (non-hydrogen) atoms. The largest absolute Gasteiger partial charge is 0.478 e. The van der Waals surface area contributed by atoms with Gasteiger partial charge in [0.25, 0.3) is 0 Å². The van der Waals surface area contributed by atoms with E-state index in [0.717, 1.165) is 24.2 Å². The van der Waals surface area contributed by atoms with Gasteiger partial charge in [0.05, 0.1) is 5.56 Å². The number of carboxylic acid groups (broad SMARTS) is 1. The fraction of sp³-hybridized carbons (Fsp3) is 0.294. The Morgan fingerprint density at radius 1 is 1.19 bits per heavy atom. The zero-order valence-corrected chi connectivity index (χ0v) is 12.4. The van der Waals surface area contributed by atoms with Gasteiger partial charge in [0.1, 0.15) is 5.82 Å². The van der Waals surface area contributed by atoms with Crippen molar-refractivity contribution in [3.05, 3.63) is 53.2 Å². The van der Waals surface area contributed by atoms with Gasteiger partial charge < -0.3 is 10.4 Å². The Kier molecular flexibility index (Phi) is 4.93. The molecule has 0 spiro atoms. The number of rotatable bonds is 6. The second-order valence-corrected chi connectivity index (χ2v) is 4.96. The molecule has 1 aromatic carbocycles. The predicted molar refractivity (Wildman–Crippen MR) is 84.3 cm³/mol. The lowest BCUT2D eigenvalue weighted by atomic mass is 10.1. The average Bonchev–Trinajstić information content (AvgIpc) is 2.49. The van der Waals surface area contributed by atoms with Crippen molar-refractivity contribution in [2.24, 2.45) is 0 Å². The zero-order chi connectivity index (χ0) is 15.2. The molecule has 2 aromatic rings. The first-order valence-corrected chi connectivity index (χ1v) is 7.22. The average molecular weight is 284 g/mol. The van der Waals surface area contributed by atoms with E-state index in [0.29, 0.717) is 12.2 Å². The van der Waals surface area contributed by atoms with Crippen molar-refractivity contribution in [1.29, 1.82) is 0 Å². The number of hydrogen-bond donors (Lipinski definition) is 2. The van der Waals surface area contributed by atoms with Crippen LogP contribution in [0.2, 0.25) is 0 Å². The van der Waals surface area contributed by atoms with Crippen LogP contribution >= 0.6 is 0 Å². The van der Waals surface area contributed by atoms with Crippen LogP contribution in [0.15, 0.2) is 36.4 Å². The third-order valence-electron chi connectivity index (χ3n) is 3.25. The molecule has 4 heteroatoms. The highest BCUT2D eigenvalue weighted by Crippen LogP contribution is 2.18. The topological polar surface area (TPSA) is 62.2 Å². The Balaban J connectivity index is 2.21. The van der Waals surface area contributed by atoms with Gasteiger partial charge in [-0.1, -0.05) is 32.4 Å². The molecule has 0 fully saturated rings. The number of benzene rings is 1. The van der Waals surface area contributed by atoms with Crippen LogP contribution in [-0.2, 0) is 12.8 Å². The number of carbonyl (C=O) groups is 1. The summed E-state index contributed by atoms with van der Waals surface area (Å²) in [5.74, 6) is -0.372. The second kappa shape index (κ2) is 6.88. The molecule has 0 atom stereocenters. The second-order valence-electron chi connectivity index (χ2n) is 4.96.